The summed E-state index contributed by atoms with van der Waals surface area (Å²) in [6, 6.07) is 4.47. The van der Waals surface area contributed by atoms with E-state index in [9.17, 15) is 9.90 Å². The third kappa shape index (κ3) is 2.44. The normalized spacial score (nSPS) is 17.7. The Morgan fingerprint density at radius 3 is 2.67 bits per heavy atom. The van der Waals surface area contributed by atoms with Gasteiger partial charge in [0.05, 0.1) is 7.11 Å². The van der Waals surface area contributed by atoms with E-state index in [-0.39, 0.29) is 0 Å². The van der Waals surface area contributed by atoms with Crippen LogP contribution in [0.15, 0.2) is 18.2 Å². The smallest absolute Gasteiger partial charge is 0.325 e. The maximum absolute atomic E-state index is 11.6. The summed E-state index contributed by atoms with van der Waals surface area (Å²) in [4.78, 5) is 13.5. The number of halogens is 1. The molecule has 98 valence electrons. The predicted octanol–water partition coefficient (Wildman–Crippen LogP) is 2.57. The molecule has 5 heteroatoms. The van der Waals surface area contributed by atoms with Crippen molar-refractivity contribution in [1.29, 1.82) is 0 Å². The summed E-state index contributed by atoms with van der Waals surface area (Å²) in [5.74, 6) is -0.356. The summed E-state index contributed by atoms with van der Waals surface area (Å²) in [6.07, 6.45) is 2.05. The first-order valence-electron chi connectivity index (χ1n) is 5.94. The molecule has 1 unspecified atom stereocenters. The summed E-state index contributed by atoms with van der Waals surface area (Å²) in [7, 11) is 1.53. The second-order valence-electron chi connectivity index (χ2n) is 4.34. The molecule has 18 heavy (non-hydrogen) atoms. The van der Waals surface area contributed by atoms with Gasteiger partial charge in [-0.2, -0.15) is 0 Å². The number of carbonyl (C=O) groups is 1. The monoisotopic (exact) mass is 269 g/mol. The first kappa shape index (κ1) is 13.2. The van der Waals surface area contributed by atoms with E-state index in [1.807, 2.05) is 4.90 Å². The van der Waals surface area contributed by atoms with E-state index >= 15 is 0 Å². The minimum atomic E-state index is -0.886. The van der Waals surface area contributed by atoms with Crippen LogP contribution in [0.2, 0.25) is 5.02 Å². The van der Waals surface area contributed by atoms with Gasteiger partial charge in [0, 0.05) is 10.6 Å². The molecule has 0 spiro atoms. The number of likely N-dealkylation sites (tertiary alicyclic amines) is 1. The average molecular weight is 270 g/mol. The number of hydrogen-bond donors (Lipinski definition) is 1. The maximum atomic E-state index is 11.6. The van der Waals surface area contributed by atoms with Gasteiger partial charge in [0.2, 0.25) is 0 Å². The average Bonchev–Trinajstić information content (AvgIpc) is 2.84. The highest BCUT2D eigenvalue weighted by Crippen LogP contribution is 2.36. The zero-order valence-corrected chi connectivity index (χ0v) is 11.0. The van der Waals surface area contributed by atoms with Crippen molar-refractivity contribution < 1.29 is 14.6 Å². The fourth-order valence-electron chi connectivity index (χ4n) is 2.42. The van der Waals surface area contributed by atoms with Crippen LogP contribution in [0.1, 0.15) is 24.4 Å². The molecule has 0 aliphatic carbocycles. The van der Waals surface area contributed by atoms with E-state index in [0.29, 0.717) is 16.3 Å². The van der Waals surface area contributed by atoms with E-state index < -0.39 is 12.0 Å². The van der Waals surface area contributed by atoms with E-state index in [1.54, 1.807) is 18.2 Å². The molecule has 4 nitrogen and oxygen atoms in total. The van der Waals surface area contributed by atoms with Gasteiger partial charge in [0.25, 0.3) is 0 Å². The minimum absolute atomic E-state index is 0.439. The van der Waals surface area contributed by atoms with Gasteiger partial charge >= 0.3 is 5.97 Å². The van der Waals surface area contributed by atoms with Gasteiger partial charge in [-0.3, -0.25) is 9.69 Å². The minimum Gasteiger partial charge on any atom is -0.496 e. The molecular weight excluding hydrogens is 254 g/mol. The van der Waals surface area contributed by atoms with Crippen molar-refractivity contribution in [2.45, 2.75) is 18.9 Å². The highest BCUT2D eigenvalue weighted by molar-refractivity contribution is 6.31. The summed E-state index contributed by atoms with van der Waals surface area (Å²) in [5, 5.41) is 9.91. The Morgan fingerprint density at radius 2 is 2.11 bits per heavy atom. The molecule has 0 aromatic heterocycles. The van der Waals surface area contributed by atoms with Crippen LogP contribution in [0.25, 0.3) is 0 Å². The second-order valence-corrected chi connectivity index (χ2v) is 4.75. The molecule has 1 aromatic rings. The van der Waals surface area contributed by atoms with E-state index in [4.69, 9.17) is 16.3 Å². The number of nitrogens with zero attached hydrogens (tertiary/aromatic N) is 1. The molecule has 0 radical (unpaired) electrons. The lowest BCUT2D eigenvalue weighted by molar-refractivity contribution is -0.143. The Balaban J connectivity index is 2.44. The summed E-state index contributed by atoms with van der Waals surface area (Å²) in [6.45, 7) is 1.57. The van der Waals surface area contributed by atoms with Crippen LogP contribution in [0.5, 0.6) is 5.75 Å². The Hall–Kier alpha value is -1.26. The fraction of sp³-hybridized carbons (Fsp3) is 0.462. The number of carboxylic acid groups (broad SMARTS) is 1. The predicted molar refractivity (Wildman–Crippen MR) is 69.2 cm³/mol. The molecule has 1 aliphatic heterocycles. The van der Waals surface area contributed by atoms with Crippen molar-refractivity contribution in [3.8, 4) is 5.75 Å². The lowest BCUT2D eigenvalue weighted by atomic mass is 10.0. The maximum Gasteiger partial charge on any atom is 0.325 e. The topological polar surface area (TPSA) is 49.8 Å². The third-order valence-electron chi connectivity index (χ3n) is 3.25. The van der Waals surface area contributed by atoms with Crippen LogP contribution >= 0.6 is 11.6 Å². The zero-order valence-electron chi connectivity index (χ0n) is 10.2. The second kappa shape index (κ2) is 5.59. The molecule has 1 saturated heterocycles. The Bertz CT molecular complexity index is 444. The molecule has 0 amide bonds. The number of benzene rings is 1. The molecule has 2 rings (SSSR count). The van der Waals surface area contributed by atoms with E-state index in [2.05, 4.69) is 0 Å². The van der Waals surface area contributed by atoms with Crippen LogP contribution < -0.4 is 4.74 Å². The number of aliphatic carboxylic acids is 1. The van der Waals surface area contributed by atoms with Crippen molar-refractivity contribution in [3.05, 3.63) is 28.8 Å². The van der Waals surface area contributed by atoms with Crippen molar-refractivity contribution >= 4 is 17.6 Å². The van der Waals surface area contributed by atoms with Crippen molar-refractivity contribution in [2.75, 3.05) is 20.2 Å². The molecule has 0 bridgehead atoms. The first-order valence-corrected chi connectivity index (χ1v) is 6.32. The molecule has 1 N–H and O–H groups in total. The number of methoxy groups -OCH3 is 1. The standard InChI is InChI=1S/C13H16ClNO3/c1-18-10-6-4-5-9(14)11(10)12(13(16)17)15-7-2-3-8-15/h4-6,12H,2-3,7-8H2,1H3,(H,16,17). The van der Waals surface area contributed by atoms with Crippen molar-refractivity contribution in [3.63, 3.8) is 0 Å². The number of carboxylic acids is 1. The van der Waals surface area contributed by atoms with Crippen molar-refractivity contribution in [1.82, 2.24) is 4.90 Å². The number of ether oxygens (including phenoxy) is 1. The van der Waals surface area contributed by atoms with Crippen LogP contribution in [-0.4, -0.2) is 36.2 Å². The summed E-state index contributed by atoms with van der Waals surface area (Å²) < 4.78 is 5.24. The molecule has 1 aromatic carbocycles. The molecule has 1 heterocycles. The molecule has 0 saturated carbocycles. The molecule has 1 aliphatic rings. The Kier molecular flexibility index (Phi) is 4.09. The van der Waals surface area contributed by atoms with Crippen LogP contribution in [0, 0.1) is 0 Å². The van der Waals surface area contributed by atoms with E-state index in [0.717, 1.165) is 25.9 Å². The van der Waals surface area contributed by atoms with Gasteiger partial charge in [0.1, 0.15) is 11.8 Å². The van der Waals surface area contributed by atoms with Gasteiger partial charge < -0.3 is 9.84 Å². The van der Waals surface area contributed by atoms with Gasteiger partial charge in [-0.25, -0.2) is 0 Å². The molecular formula is C13H16ClNO3. The van der Waals surface area contributed by atoms with Crippen LogP contribution in [-0.2, 0) is 4.79 Å². The SMILES string of the molecule is COc1cccc(Cl)c1C(C(=O)O)N1CCCC1. The summed E-state index contributed by atoms with van der Waals surface area (Å²) >= 11 is 6.16. The molecule has 1 atom stereocenters. The van der Waals surface area contributed by atoms with E-state index in [1.165, 1.54) is 7.11 Å². The number of hydrogen-bond acceptors (Lipinski definition) is 3. The summed E-state index contributed by atoms with van der Waals surface area (Å²) in [5.41, 5.74) is 0.552. The highest BCUT2D eigenvalue weighted by atomic mass is 35.5. The molecule has 1 fully saturated rings. The fourth-order valence-corrected chi connectivity index (χ4v) is 2.69. The van der Waals surface area contributed by atoms with Gasteiger partial charge in [0.15, 0.2) is 0 Å². The lowest BCUT2D eigenvalue weighted by Gasteiger charge is -2.26. The third-order valence-corrected chi connectivity index (χ3v) is 3.58. The lowest BCUT2D eigenvalue weighted by Crippen LogP contribution is -2.32. The zero-order chi connectivity index (χ0) is 13.1. The highest BCUT2D eigenvalue weighted by Gasteiger charge is 2.33. The Morgan fingerprint density at radius 1 is 1.44 bits per heavy atom. The van der Waals surface area contributed by atoms with Gasteiger partial charge in [-0.05, 0) is 38.1 Å². The van der Waals surface area contributed by atoms with Crippen LogP contribution in [0.3, 0.4) is 0 Å². The quantitative estimate of drug-likeness (QED) is 0.913. The number of rotatable bonds is 4. The van der Waals surface area contributed by atoms with Crippen molar-refractivity contribution in [2.24, 2.45) is 0 Å². The largest absolute Gasteiger partial charge is 0.496 e. The van der Waals surface area contributed by atoms with Gasteiger partial charge in [-0.1, -0.05) is 17.7 Å². The first-order chi connectivity index (χ1) is 8.65. The van der Waals surface area contributed by atoms with Gasteiger partial charge in [-0.15, -0.1) is 0 Å². The van der Waals surface area contributed by atoms with Crippen LogP contribution in [0.4, 0.5) is 0 Å². The Labute approximate surface area is 111 Å².